The second-order valence-electron chi connectivity index (χ2n) is 4.50. The number of rotatable bonds is 7. The quantitative estimate of drug-likeness (QED) is 0.615. The van der Waals surface area contributed by atoms with E-state index in [-0.39, 0.29) is 10.6 Å². The number of nitro benzene ring substituents is 1. The van der Waals surface area contributed by atoms with Crippen LogP contribution < -0.4 is 5.32 Å². The average molecular weight is 282 g/mol. The number of nitrogens with one attached hydrogen (secondary N) is 1. The second kappa shape index (κ2) is 6.77. The van der Waals surface area contributed by atoms with Gasteiger partial charge in [-0.25, -0.2) is 0 Å². The van der Waals surface area contributed by atoms with Crippen molar-refractivity contribution in [2.75, 3.05) is 25.1 Å². The van der Waals surface area contributed by atoms with Crippen LogP contribution in [0.4, 0.5) is 11.4 Å². The van der Waals surface area contributed by atoms with E-state index in [1.165, 1.54) is 0 Å². The summed E-state index contributed by atoms with van der Waals surface area (Å²) in [4.78, 5) is 10.5. The molecule has 1 aliphatic heterocycles. The van der Waals surface area contributed by atoms with Crippen molar-refractivity contribution < 1.29 is 9.66 Å². The van der Waals surface area contributed by atoms with E-state index in [2.05, 4.69) is 12.2 Å². The van der Waals surface area contributed by atoms with Crippen molar-refractivity contribution in [2.45, 2.75) is 24.3 Å². The molecule has 0 saturated carbocycles. The lowest BCUT2D eigenvalue weighted by Crippen LogP contribution is -2.30. The number of benzene rings is 1. The molecule has 6 heteroatoms. The van der Waals surface area contributed by atoms with E-state index in [9.17, 15) is 10.1 Å². The number of nitro groups is 1. The fourth-order valence-electron chi connectivity index (χ4n) is 1.76. The molecule has 0 aromatic heterocycles. The number of anilines is 1. The fraction of sp³-hybridized carbons (Fsp3) is 0.538. The van der Waals surface area contributed by atoms with Gasteiger partial charge in [0.25, 0.3) is 5.69 Å². The van der Waals surface area contributed by atoms with E-state index in [1.807, 2.05) is 0 Å². The predicted octanol–water partition coefficient (Wildman–Crippen LogP) is 3.05. The normalized spacial score (nSPS) is 15.0. The van der Waals surface area contributed by atoms with Crippen LogP contribution in [0.2, 0.25) is 0 Å². The molecule has 0 amide bonds. The molecule has 0 atom stereocenters. The van der Waals surface area contributed by atoms with Crippen LogP contribution >= 0.6 is 11.8 Å². The fourth-order valence-corrected chi connectivity index (χ4v) is 2.80. The van der Waals surface area contributed by atoms with Gasteiger partial charge in [0.05, 0.1) is 23.4 Å². The Labute approximate surface area is 116 Å². The van der Waals surface area contributed by atoms with E-state index in [4.69, 9.17) is 4.74 Å². The summed E-state index contributed by atoms with van der Waals surface area (Å²) < 4.78 is 5.14. The van der Waals surface area contributed by atoms with Crippen LogP contribution in [0.15, 0.2) is 18.2 Å². The molecule has 0 bridgehead atoms. The molecule has 1 fully saturated rings. The maximum absolute atomic E-state index is 10.8. The summed E-state index contributed by atoms with van der Waals surface area (Å²) >= 11 is 1.80. The lowest BCUT2D eigenvalue weighted by atomic mass is 10.1. The number of hydrogen-bond acceptors (Lipinski definition) is 5. The number of nitrogens with zero attached hydrogens (tertiary/aromatic N) is 1. The van der Waals surface area contributed by atoms with Gasteiger partial charge in [0, 0.05) is 30.1 Å². The molecule has 1 saturated heterocycles. The van der Waals surface area contributed by atoms with Crippen molar-refractivity contribution in [3.05, 3.63) is 33.9 Å². The first-order valence-corrected chi connectivity index (χ1v) is 7.46. The molecule has 1 N–H and O–H groups in total. The highest BCUT2D eigenvalue weighted by Gasteiger charge is 2.20. The van der Waals surface area contributed by atoms with Gasteiger partial charge in [0.1, 0.15) is 0 Å². The van der Waals surface area contributed by atoms with Crippen molar-refractivity contribution in [1.82, 2.24) is 0 Å². The van der Waals surface area contributed by atoms with E-state index < -0.39 is 0 Å². The van der Waals surface area contributed by atoms with Gasteiger partial charge in [0.2, 0.25) is 0 Å². The smallest absolute Gasteiger partial charge is 0.269 e. The third-order valence-corrected chi connectivity index (χ3v) is 4.17. The Kier molecular flexibility index (Phi) is 5.04. The lowest BCUT2D eigenvalue weighted by Gasteiger charge is -2.25. The summed E-state index contributed by atoms with van der Waals surface area (Å²) in [5.41, 5.74) is 2.15. The molecule has 0 unspecified atom stereocenters. The summed E-state index contributed by atoms with van der Waals surface area (Å²) in [7, 11) is 0. The summed E-state index contributed by atoms with van der Waals surface area (Å²) in [6, 6.07) is 5.03. The van der Waals surface area contributed by atoms with Crippen LogP contribution in [0.3, 0.4) is 0 Å². The van der Waals surface area contributed by atoms with Crippen LogP contribution in [-0.4, -0.2) is 29.9 Å². The molecule has 104 valence electrons. The molecular weight excluding hydrogens is 264 g/mol. The van der Waals surface area contributed by atoms with E-state index >= 15 is 0 Å². The van der Waals surface area contributed by atoms with E-state index in [0.29, 0.717) is 5.25 Å². The Hall–Kier alpha value is -1.27. The van der Waals surface area contributed by atoms with Gasteiger partial charge in [-0.1, -0.05) is 6.92 Å². The monoisotopic (exact) mass is 282 g/mol. The van der Waals surface area contributed by atoms with Gasteiger partial charge in [-0.3, -0.25) is 10.1 Å². The summed E-state index contributed by atoms with van der Waals surface area (Å²) in [5, 5.41) is 14.7. The highest BCUT2D eigenvalue weighted by molar-refractivity contribution is 7.99. The Morgan fingerprint density at radius 2 is 2.32 bits per heavy atom. The Morgan fingerprint density at radius 3 is 2.89 bits per heavy atom. The standard InChI is InChI=1S/C13H18N2O3S/c1-2-5-14-13-4-3-11(15(16)17)6-10(13)9-19-12-7-18-8-12/h3-4,6,12,14H,2,5,7-9H2,1H3. The van der Waals surface area contributed by atoms with Crippen LogP contribution in [0, 0.1) is 10.1 Å². The third-order valence-electron chi connectivity index (χ3n) is 2.95. The van der Waals surface area contributed by atoms with Crippen molar-refractivity contribution in [2.24, 2.45) is 0 Å². The average Bonchev–Trinajstić information content (AvgIpc) is 2.35. The minimum Gasteiger partial charge on any atom is -0.385 e. The number of non-ortho nitro benzene ring substituents is 1. The van der Waals surface area contributed by atoms with Crippen LogP contribution in [-0.2, 0) is 10.5 Å². The molecule has 1 aliphatic rings. The number of hydrogen-bond donors (Lipinski definition) is 1. The first-order chi connectivity index (χ1) is 9.20. The minimum absolute atomic E-state index is 0.155. The molecule has 1 heterocycles. The molecule has 1 aromatic rings. The molecule has 19 heavy (non-hydrogen) atoms. The van der Waals surface area contributed by atoms with Gasteiger partial charge in [-0.05, 0) is 18.1 Å². The first-order valence-electron chi connectivity index (χ1n) is 6.41. The van der Waals surface area contributed by atoms with Gasteiger partial charge in [0.15, 0.2) is 0 Å². The van der Waals surface area contributed by atoms with E-state index in [1.54, 1.807) is 30.0 Å². The lowest BCUT2D eigenvalue weighted by molar-refractivity contribution is -0.384. The zero-order valence-electron chi connectivity index (χ0n) is 10.9. The topological polar surface area (TPSA) is 64.4 Å². The molecule has 1 aromatic carbocycles. The zero-order valence-corrected chi connectivity index (χ0v) is 11.7. The second-order valence-corrected chi connectivity index (χ2v) is 5.78. The maximum Gasteiger partial charge on any atom is 0.269 e. The van der Waals surface area contributed by atoms with Gasteiger partial charge in [-0.2, -0.15) is 0 Å². The van der Waals surface area contributed by atoms with Crippen LogP contribution in [0.25, 0.3) is 0 Å². The Morgan fingerprint density at radius 1 is 1.53 bits per heavy atom. The van der Waals surface area contributed by atoms with Crippen molar-refractivity contribution in [3.63, 3.8) is 0 Å². The summed E-state index contributed by atoms with van der Waals surface area (Å²) in [5.74, 6) is 0.780. The number of ether oxygens (including phenoxy) is 1. The SMILES string of the molecule is CCCNc1ccc([N+](=O)[O-])cc1CSC1COC1. The molecule has 0 spiro atoms. The Balaban J connectivity index is 2.08. The molecular formula is C13H18N2O3S. The number of thioether (sulfide) groups is 1. The molecule has 5 nitrogen and oxygen atoms in total. The predicted molar refractivity (Wildman–Crippen MR) is 77.8 cm³/mol. The van der Waals surface area contributed by atoms with Gasteiger partial charge in [-0.15, -0.1) is 11.8 Å². The molecule has 2 rings (SSSR count). The van der Waals surface area contributed by atoms with E-state index in [0.717, 1.165) is 43.2 Å². The van der Waals surface area contributed by atoms with Crippen LogP contribution in [0.5, 0.6) is 0 Å². The Bertz CT molecular complexity index is 450. The minimum atomic E-state index is -0.343. The van der Waals surface area contributed by atoms with Gasteiger partial charge < -0.3 is 10.1 Å². The van der Waals surface area contributed by atoms with Crippen molar-refractivity contribution >= 4 is 23.1 Å². The highest BCUT2D eigenvalue weighted by Crippen LogP contribution is 2.29. The van der Waals surface area contributed by atoms with Crippen LogP contribution in [0.1, 0.15) is 18.9 Å². The molecule has 0 radical (unpaired) electrons. The zero-order chi connectivity index (χ0) is 13.7. The molecule has 0 aliphatic carbocycles. The first kappa shape index (κ1) is 14.1. The maximum atomic E-state index is 10.8. The van der Waals surface area contributed by atoms with Crippen molar-refractivity contribution in [3.8, 4) is 0 Å². The third kappa shape index (κ3) is 3.84. The largest absolute Gasteiger partial charge is 0.385 e. The van der Waals surface area contributed by atoms with Gasteiger partial charge >= 0.3 is 0 Å². The summed E-state index contributed by atoms with van der Waals surface area (Å²) in [6.45, 7) is 4.55. The van der Waals surface area contributed by atoms with Crippen molar-refractivity contribution in [1.29, 1.82) is 0 Å². The summed E-state index contributed by atoms with van der Waals surface area (Å²) in [6.07, 6.45) is 1.03. The highest BCUT2D eigenvalue weighted by atomic mass is 32.2.